The molecule has 0 unspecified atom stereocenters. The fourth-order valence-corrected chi connectivity index (χ4v) is 4.48. The highest BCUT2D eigenvalue weighted by molar-refractivity contribution is 9.10. The fraction of sp³-hybridized carbons (Fsp3) is 0.0968. The molecule has 0 heterocycles. The standard InChI is InChI=1S/C17H14ClFN2O.C14H9BrClFN2O/c1-2-3-11-6-12(9-20)8-14(7-11)22-17-15(18)5-4-13(10-21)16(17)19;15-10-3-8(6-18)4-11(5-10)20-14-12(16)2-1-9(7-19)13(14)17/h2,4-8H,1,3,10,21H2;1-5H,7,19H2. The van der Waals surface area contributed by atoms with Gasteiger partial charge in [0.05, 0.1) is 33.3 Å². The molecule has 0 aliphatic carbocycles. The van der Waals surface area contributed by atoms with Crippen molar-refractivity contribution in [2.45, 2.75) is 19.5 Å². The minimum absolute atomic E-state index is 0.0410. The van der Waals surface area contributed by atoms with Gasteiger partial charge in [-0.05, 0) is 60.5 Å². The predicted octanol–water partition coefficient (Wildman–Crippen LogP) is 8.69. The minimum atomic E-state index is -0.599. The summed E-state index contributed by atoms with van der Waals surface area (Å²) in [7, 11) is 0. The highest BCUT2D eigenvalue weighted by Crippen LogP contribution is 2.36. The molecule has 0 bridgehead atoms. The molecular weight excluding hydrogens is 649 g/mol. The Hall–Kier alpha value is -3.96. The van der Waals surface area contributed by atoms with Gasteiger partial charge in [-0.2, -0.15) is 10.5 Å². The van der Waals surface area contributed by atoms with E-state index in [4.69, 9.17) is 54.7 Å². The quantitative estimate of drug-likeness (QED) is 0.181. The lowest BCUT2D eigenvalue weighted by Gasteiger charge is -2.12. The lowest BCUT2D eigenvalue weighted by atomic mass is 10.1. The highest BCUT2D eigenvalue weighted by atomic mass is 79.9. The summed E-state index contributed by atoms with van der Waals surface area (Å²) in [6.07, 6.45) is 2.29. The first-order valence-electron chi connectivity index (χ1n) is 12.2. The molecule has 4 N–H and O–H groups in total. The third-order valence-electron chi connectivity index (χ3n) is 5.61. The third-order valence-corrected chi connectivity index (χ3v) is 6.67. The molecular formula is C31H23BrCl2F2N4O2. The number of nitrogens with zero attached hydrogens (tertiary/aromatic N) is 2. The Kier molecular flexibility index (Phi) is 11.9. The zero-order valence-electron chi connectivity index (χ0n) is 21.9. The maximum absolute atomic E-state index is 14.3. The zero-order valence-corrected chi connectivity index (χ0v) is 25.0. The van der Waals surface area contributed by atoms with Crippen molar-refractivity contribution in [3.05, 3.63) is 127 Å². The summed E-state index contributed by atoms with van der Waals surface area (Å²) in [6, 6.07) is 19.8. The van der Waals surface area contributed by atoms with E-state index < -0.39 is 11.6 Å². The average molecular weight is 672 g/mol. The van der Waals surface area contributed by atoms with Gasteiger partial charge < -0.3 is 20.9 Å². The molecule has 0 saturated heterocycles. The van der Waals surface area contributed by atoms with E-state index in [1.54, 1.807) is 30.3 Å². The Morgan fingerprint density at radius 3 is 1.71 bits per heavy atom. The lowest BCUT2D eigenvalue weighted by molar-refractivity contribution is 0.438. The van der Waals surface area contributed by atoms with Crippen molar-refractivity contribution in [3.63, 3.8) is 0 Å². The van der Waals surface area contributed by atoms with Gasteiger partial charge in [-0.15, -0.1) is 6.58 Å². The molecule has 4 aromatic carbocycles. The van der Waals surface area contributed by atoms with E-state index in [0.29, 0.717) is 44.6 Å². The number of allylic oxidation sites excluding steroid dienone is 1. The van der Waals surface area contributed by atoms with E-state index in [2.05, 4.69) is 22.5 Å². The van der Waals surface area contributed by atoms with Gasteiger partial charge in [0.2, 0.25) is 0 Å². The maximum Gasteiger partial charge on any atom is 0.181 e. The third kappa shape index (κ3) is 8.29. The lowest BCUT2D eigenvalue weighted by Crippen LogP contribution is -2.02. The van der Waals surface area contributed by atoms with Gasteiger partial charge in [-0.3, -0.25) is 0 Å². The van der Waals surface area contributed by atoms with Crippen LogP contribution in [0.25, 0.3) is 0 Å². The van der Waals surface area contributed by atoms with Gasteiger partial charge in [-0.25, -0.2) is 8.78 Å². The number of benzene rings is 4. The van der Waals surface area contributed by atoms with Gasteiger partial charge in [0.15, 0.2) is 23.1 Å². The largest absolute Gasteiger partial charge is 0.453 e. The summed E-state index contributed by atoms with van der Waals surface area (Å²) in [4.78, 5) is 0. The zero-order chi connectivity index (χ0) is 30.8. The summed E-state index contributed by atoms with van der Waals surface area (Å²) in [5, 5.41) is 18.2. The molecule has 0 saturated carbocycles. The van der Waals surface area contributed by atoms with Crippen LogP contribution in [0.15, 0.2) is 77.8 Å². The Morgan fingerprint density at radius 2 is 1.26 bits per heavy atom. The normalized spacial score (nSPS) is 10.1. The maximum atomic E-state index is 14.3. The number of ether oxygens (including phenoxy) is 2. The summed E-state index contributed by atoms with van der Waals surface area (Å²) in [6.45, 7) is 3.74. The summed E-state index contributed by atoms with van der Waals surface area (Å²) in [5.41, 5.74) is 13.2. The SMILES string of the molecule is C=CCc1cc(C#N)cc(Oc2c(Cl)ccc(CN)c2F)c1.N#Cc1cc(Br)cc(Oc2c(Cl)ccc(CN)c2F)c1. The van der Waals surface area contributed by atoms with Crippen molar-refractivity contribution in [2.24, 2.45) is 11.5 Å². The van der Waals surface area contributed by atoms with Crippen molar-refractivity contribution in [2.75, 3.05) is 0 Å². The summed E-state index contributed by atoms with van der Waals surface area (Å²) in [5.74, 6) is -0.737. The molecule has 0 atom stereocenters. The van der Waals surface area contributed by atoms with Crippen LogP contribution in [0.2, 0.25) is 10.0 Å². The number of hydrogen-bond donors (Lipinski definition) is 2. The van der Waals surface area contributed by atoms with E-state index in [9.17, 15) is 8.78 Å². The van der Waals surface area contributed by atoms with Crippen molar-refractivity contribution in [1.29, 1.82) is 10.5 Å². The molecule has 0 amide bonds. The van der Waals surface area contributed by atoms with Crippen LogP contribution in [0.4, 0.5) is 8.78 Å². The smallest absolute Gasteiger partial charge is 0.181 e. The summed E-state index contributed by atoms with van der Waals surface area (Å²) >= 11 is 15.2. The topological polar surface area (TPSA) is 118 Å². The van der Waals surface area contributed by atoms with Crippen LogP contribution in [0.5, 0.6) is 23.0 Å². The molecule has 0 fully saturated rings. The molecule has 0 spiro atoms. The van der Waals surface area contributed by atoms with Gasteiger partial charge in [0.1, 0.15) is 11.5 Å². The first-order chi connectivity index (χ1) is 20.1. The number of nitrogens with two attached hydrogens (primary N) is 2. The van der Waals surface area contributed by atoms with Crippen molar-refractivity contribution in [3.8, 4) is 35.1 Å². The van der Waals surface area contributed by atoms with Gasteiger partial charge in [0, 0.05) is 28.7 Å². The van der Waals surface area contributed by atoms with Gasteiger partial charge in [-0.1, -0.05) is 57.3 Å². The highest BCUT2D eigenvalue weighted by Gasteiger charge is 2.16. The Morgan fingerprint density at radius 1 is 0.786 bits per heavy atom. The van der Waals surface area contributed by atoms with E-state index in [-0.39, 0.29) is 34.6 Å². The predicted molar refractivity (Wildman–Crippen MR) is 163 cm³/mol. The number of nitriles is 2. The van der Waals surface area contributed by atoms with E-state index >= 15 is 0 Å². The second-order valence-electron chi connectivity index (χ2n) is 8.57. The summed E-state index contributed by atoms with van der Waals surface area (Å²) < 4.78 is 40.1. The van der Waals surface area contributed by atoms with Crippen molar-refractivity contribution in [1.82, 2.24) is 0 Å². The molecule has 0 radical (unpaired) electrons. The molecule has 4 aromatic rings. The van der Waals surface area contributed by atoms with Crippen LogP contribution < -0.4 is 20.9 Å². The second kappa shape index (κ2) is 15.3. The molecule has 214 valence electrons. The average Bonchev–Trinajstić information content (AvgIpc) is 2.97. The number of rotatable bonds is 8. The van der Waals surface area contributed by atoms with E-state index in [1.165, 1.54) is 36.4 Å². The number of halogens is 5. The number of hydrogen-bond acceptors (Lipinski definition) is 6. The van der Waals surface area contributed by atoms with Crippen LogP contribution in [0, 0.1) is 34.3 Å². The molecule has 11 heteroatoms. The van der Waals surface area contributed by atoms with E-state index in [1.807, 2.05) is 12.1 Å². The Labute approximate surface area is 260 Å². The second-order valence-corrected chi connectivity index (χ2v) is 10.3. The Balaban J connectivity index is 0.000000231. The Bertz CT molecular complexity index is 1700. The monoisotopic (exact) mass is 670 g/mol. The van der Waals surface area contributed by atoms with Crippen LogP contribution in [0.3, 0.4) is 0 Å². The van der Waals surface area contributed by atoms with Crippen LogP contribution in [-0.4, -0.2) is 0 Å². The fourth-order valence-electron chi connectivity index (χ4n) is 3.64. The van der Waals surface area contributed by atoms with Crippen LogP contribution in [-0.2, 0) is 19.5 Å². The molecule has 6 nitrogen and oxygen atoms in total. The molecule has 42 heavy (non-hydrogen) atoms. The van der Waals surface area contributed by atoms with Crippen molar-refractivity contribution >= 4 is 39.1 Å². The van der Waals surface area contributed by atoms with Gasteiger partial charge >= 0.3 is 0 Å². The molecule has 4 rings (SSSR count). The first kappa shape index (κ1) is 32.6. The van der Waals surface area contributed by atoms with Crippen LogP contribution in [0.1, 0.15) is 27.8 Å². The molecule has 0 aliphatic rings. The molecule has 0 aliphatic heterocycles. The first-order valence-corrected chi connectivity index (χ1v) is 13.7. The van der Waals surface area contributed by atoms with Crippen LogP contribution >= 0.6 is 39.1 Å². The van der Waals surface area contributed by atoms with Crippen molar-refractivity contribution < 1.29 is 18.3 Å². The van der Waals surface area contributed by atoms with Gasteiger partial charge in [0.25, 0.3) is 0 Å². The molecule has 0 aromatic heterocycles. The minimum Gasteiger partial charge on any atom is -0.453 e. The van der Waals surface area contributed by atoms with E-state index in [0.717, 1.165) is 5.56 Å².